The van der Waals surface area contributed by atoms with E-state index >= 15 is 0 Å². The van der Waals surface area contributed by atoms with Gasteiger partial charge in [-0.3, -0.25) is 4.79 Å². The maximum Gasteiger partial charge on any atom is 0.266 e. The molecule has 0 radical (unpaired) electrons. The van der Waals surface area contributed by atoms with Crippen molar-refractivity contribution in [2.24, 2.45) is 0 Å². The molecule has 1 amide bonds. The molecule has 1 aliphatic rings. The van der Waals surface area contributed by atoms with Gasteiger partial charge in [-0.15, -0.1) is 0 Å². The van der Waals surface area contributed by atoms with E-state index in [0.717, 1.165) is 48.7 Å². The zero-order valence-corrected chi connectivity index (χ0v) is 17.2. The van der Waals surface area contributed by atoms with Crippen LogP contribution < -0.4 is 10.1 Å². The standard InChI is InChI=1S/C23H27N3O3/c1-4-28-21-9-7-20(8-10-21)25-23(27)19(14-24)13-18-12-16(2)26(17(18)3)15-22-6-5-11-29-22/h7-10,12-13,22H,4-6,11,15H2,1-3H3,(H,25,27)/b19-13+. The second kappa shape index (κ2) is 9.44. The Morgan fingerprint density at radius 2 is 2.14 bits per heavy atom. The number of rotatable bonds is 7. The number of benzene rings is 1. The second-order valence-corrected chi connectivity index (χ2v) is 7.15. The monoisotopic (exact) mass is 393 g/mol. The lowest BCUT2D eigenvalue weighted by Gasteiger charge is -2.14. The third-order valence-corrected chi connectivity index (χ3v) is 5.11. The molecule has 1 atom stereocenters. The van der Waals surface area contributed by atoms with Crippen LogP contribution in [0, 0.1) is 25.2 Å². The van der Waals surface area contributed by atoms with Gasteiger partial charge in [0.15, 0.2) is 0 Å². The number of aromatic nitrogens is 1. The molecule has 1 fully saturated rings. The molecular weight excluding hydrogens is 366 g/mol. The van der Waals surface area contributed by atoms with Crippen molar-refractivity contribution in [2.45, 2.75) is 46.3 Å². The minimum atomic E-state index is -0.430. The van der Waals surface area contributed by atoms with Crippen LogP contribution in [0.5, 0.6) is 5.75 Å². The fraction of sp³-hybridized carbons (Fsp3) is 0.391. The quantitative estimate of drug-likeness (QED) is 0.564. The predicted octanol–water partition coefficient (Wildman–Crippen LogP) is 4.23. The number of amides is 1. The predicted molar refractivity (Wildman–Crippen MR) is 113 cm³/mol. The first-order chi connectivity index (χ1) is 14.0. The largest absolute Gasteiger partial charge is 0.494 e. The van der Waals surface area contributed by atoms with Crippen molar-refractivity contribution in [1.82, 2.24) is 4.57 Å². The number of nitrogens with zero attached hydrogens (tertiary/aromatic N) is 2. The summed E-state index contributed by atoms with van der Waals surface area (Å²) in [4.78, 5) is 12.6. The van der Waals surface area contributed by atoms with Gasteiger partial charge in [0.1, 0.15) is 17.4 Å². The topological polar surface area (TPSA) is 76.3 Å². The number of carbonyl (C=O) groups excluding carboxylic acids is 1. The fourth-order valence-electron chi connectivity index (χ4n) is 3.55. The van der Waals surface area contributed by atoms with Crippen LogP contribution in [0.4, 0.5) is 5.69 Å². The molecule has 1 aromatic heterocycles. The van der Waals surface area contributed by atoms with Crippen LogP contribution in [0.3, 0.4) is 0 Å². The highest BCUT2D eigenvalue weighted by atomic mass is 16.5. The third kappa shape index (κ3) is 5.07. The molecule has 2 heterocycles. The van der Waals surface area contributed by atoms with Crippen molar-refractivity contribution in [1.29, 1.82) is 5.26 Å². The molecule has 6 heteroatoms. The summed E-state index contributed by atoms with van der Waals surface area (Å²) in [5, 5.41) is 12.3. The Bertz CT molecular complexity index is 930. The molecule has 0 aliphatic carbocycles. The zero-order valence-electron chi connectivity index (χ0n) is 17.2. The molecule has 3 rings (SSSR count). The van der Waals surface area contributed by atoms with E-state index in [2.05, 4.69) is 9.88 Å². The average molecular weight is 393 g/mol. The second-order valence-electron chi connectivity index (χ2n) is 7.15. The number of anilines is 1. The molecule has 1 N–H and O–H groups in total. The number of ether oxygens (including phenoxy) is 2. The van der Waals surface area contributed by atoms with Crippen LogP contribution >= 0.6 is 0 Å². The molecule has 29 heavy (non-hydrogen) atoms. The highest BCUT2D eigenvalue weighted by Crippen LogP contribution is 2.23. The Kier molecular flexibility index (Phi) is 6.73. The van der Waals surface area contributed by atoms with E-state index in [1.807, 2.05) is 32.9 Å². The van der Waals surface area contributed by atoms with E-state index in [1.54, 1.807) is 30.3 Å². The molecule has 2 aromatic rings. The van der Waals surface area contributed by atoms with E-state index < -0.39 is 5.91 Å². The third-order valence-electron chi connectivity index (χ3n) is 5.11. The van der Waals surface area contributed by atoms with Crippen LogP contribution in [-0.2, 0) is 16.1 Å². The molecule has 152 valence electrons. The van der Waals surface area contributed by atoms with Crippen molar-refractivity contribution < 1.29 is 14.3 Å². The van der Waals surface area contributed by atoms with Crippen LogP contribution in [0.1, 0.15) is 36.7 Å². The van der Waals surface area contributed by atoms with E-state index in [0.29, 0.717) is 12.3 Å². The molecule has 6 nitrogen and oxygen atoms in total. The van der Waals surface area contributed by atoms with Gasteiger partial charge in [0.05, 0.1) is 12.7 Å². The molecule has 0 bridgehead atoms. The van der Waals surface area contributed by atoms with Gasteiger partial charge in [-0.1, -0.05) is 0 Å². The number of hydrogen-bond donors (Lipinski definition) is 1. The van der Waals surface area contributed by atoms with Gasteiger partial charge in [-0.05, 0) is 75.6 Å². The first kappa shape index (κ1) is 20.7. The summed E-state index contributed by atoms with van der Waals surface area (Å²) in [5.74, 6) is 0.306. The number of aryl methyl sites for hydroxylation is 1. The molecular formula is C23H27N3O3. The highest BCUT2D eigenvalue weighted by Gasteiger charge is 2.19. The highest BCUT2D eigenvalue weighted by molar-refractivity contribution is 6.09. The number of carbonyl (C=O) groups is 1. The van der Waals surface area contributed by atoms with E-state index in [-0.39, 0.29) is 11.7 Å². The Morgan fingerprint density at radius 3 is 2.76 bits per heavy atom. The number of nitriles is 1. The summed E-state index contributed by atoms with van der Waals surface area (Å²) >= 11 is 0. The Hall–Kier alpha value is -3.04. The summed E-state index contributed by atoms with van der Waals surface area (Å²) in [6.45, 7) is 8.15. The first-order valence-electron chi connectivity index (χ1n) is 9.96. The van der Waals surface area contributed by atoms with Crippen LogP contribution in [0.15, 0.2) is 35.9 Å². The van der Waals surface area contributed by atoms with Gasteiger partial charge in [-0.2, -0.15) is 5.26 Å². The first-order valence-corrected chi connectivity index (χ1v) is 9.96. The van der Waals surface area contributed by atoms with Gasteiger partial charge in [0, 0.05) is 30.2 Å². The van der Waals surface area contributed by atoms with Crippen molar-refractivity contribution in [2.75, 3.05) is 18.5 Å². The van der Waals surface area contributed by atoms with Crippen LogP contribution in [0.2, 0.25) is 0 Å². The summed E-state index contributed by atoms with van der Waals surface area (Å²) < 4.78 is 13.3. The van der Waals surface area contributed by atoms with Crippen molar-refractivity contribution in [3.63, 3.8) is 0 Å². The molecule has 1 aromatic carbocycles. The van der Waals surface area contributed by atoms with Crippen molar-refractivity contribution in [3.05, 3.63) is 52.9 Å². The average Bonchev–Trinajstić information content (AvgIpc) is 3.31. The lowest BCUT2D eigenvalue weighted by molar-refractivity contribution is -0.112. The van der Waals surface area contributed by atoms with Gasteiger partial charge in [0.2, 0.25) is 0 Å². The summed E-state index contributed by atoms with van der Waals surface area (Å²) in [7, 11) is 0. The maximum atomic E-state index is 12.6. The minimum Gasteiger partial charge on any atom is -0.494 e. The summed E-state index contributed by atoms with van der Waals surface area (Å²) in [5.41, 5.74) is 3.67. The SMILES string of the molecule is CCOc1ccc(NC(=O)/C(C#N)=C/c2cc(C)n(CC3CCCO3)c2C)cc1. The van der Waals surface area contributed by atoms with E-state index in [1.165, 1.54) is 0 Å². The smallest absolute Gasteiger partial charge is 0.266 e. The molecule has 0 spiro atoms. The zero-order chi connectivity index (χ0) is 20.8. The maximum absolute atomic E-state index is 12.6. The molecule has 1 unspecified atom stereocenters. The lowest BCUT2D eigenvalue weighted by atomic mass is 10.1. The Labute approximate surface area is 171 Å². The Morgan fingerprint density at radius 1 is 1.38 bits per heavy atom. The van der Waals surface area contributed by atoms with Crippen LogP contribution in [-0.4, -0.2) is 29.8 Å². The number of nitrogens with one attached hydrogen (secondary N) is 1. The summed E-state index contributed by atoms with van der Waals surface area (Å²) in [6, 6.07) is 11.1. The minimum absolute atomic E-state index is 0.0660. The summed E-state index contributed by atoms with van der Waals surface area (Å²) in [6.07, 6.45) is 4.05. The molecule has 1 saturated heterocycles. The molecule has 0 saturated carbocycles. The Balaban J connectivity index is 1.75. The van der Waals surface area contributed by atoms with Gasteiger partial charge in [0.25, 0.3) is 5.91 Å². The van der Waals surface area contributed by atoms with Gasteiger partial charge in [-0.25, -0.2) is 0 Å². The van der Waals surface area contributed by atoms with Crippen molar-refractivity contribution in [3.8, 4) is 11.8 Å². The number of hydrogen-bond acceptors (Lipinski definition) is 4. The van der Waals surface area contributed by atoms with E-state index in [9.17, 15) is 10.1 Å². The lowest BCUT2D eigenvalue weighted by Crippen LogP contribution is -2.17. The van der Waals surface area contributed by atoms with Gasteiger partial charge >= 0.3 is 0 Å². The van der Waals surface area contributed by atoms with Crippen LogP contribution in [0.25, 0.3) is 6.08 Å². The molecule has 1 aliphatic heterocycles. The normalized spacial score (nSPS) is 16.5. The fourth-order valence-corrected chi connectivity index (χ4v) is 3.55. The van der Waals surface area contributed by atoms with Crippen molar-refractivity contribution >= 4 is 17.7 Å². The van der Waals surface area contributed by atoms with E-state index in [4.69, 9.17) is 9.47 Å². The van der Waals surface area contributed by atoms with Gasteiger partial charge < -0.3 is 19.4 Å².